The predicted molar refractivity (Wildman–Crippen MR) is 280 cm³/mol. The molecule has 0 aliphatic heterocycles. The van der Waals surface area contributed by atoms with Gasteiger partial charge in [-0.2, -0.15) is 0 Å². The highest BCUT2D eigenvalue weighted by molar-refractivity contribution is 5.56. The molecule has 334 valence electrons. The minimum Gasteiger partial charge on any atom is -0.101 e. The van der Waals surface area contributed by atoms with Crippen LogP contribution in [0.15, 0.2) is 72.8 Å². The largest absolute Gasteiger partial charge is 0.101 e. The molecular formula is C68H62. The van der Waals surface area contributed by atoms with Crippen LogP contribution in [0.3, 0.4) is 0 Å². The third kappa shape index (κ3) is 7.48. The molecule has 0 saturated heterocycles. The van der Waals surface area contributed by atoms with Crippen LogP contribution < -0.4 is 0 Å². The summed E-state index contributed by atoms with van der Waals surface area (Å²) in [5.41, 5.74) is 14.4. The fourth-order valence-corrected chi connectivity index (χ4v) is 16.8. The molecule has 68 heavy (non-hydrogen) atoms. The Labute approximate surface area is 409 Å². The van der Waals surface area contributed by atoms with E-state index in [0.29, 0.717) is 11.8 Å². The van der Waals surface area contributed by atoms with Crippen molar-refractivity contribution in [3.8, 4) is 94.7 Å². The van der Waals surface area contributed by atoms with E-state index in [-0.39, 0.29) is 32.5 Å². The molecule has 4 atom stereocenters. The molecule has 0 amide bonds. The molecular weight excluding hydrogens is 817 g/mol. The minimum absolute atomic E-state index is 0.0389. The minimum atomic E-state index is -0.0389. The van der Waals surface area contributed by atoms with E-state index in [9.17, 15) is 0 Å². The molecule has 8 bridgehead atoms. The smallest absolute Gasteiger partial charge is 0.0260 e. The molecule has 8 aliphatic carbocycles. The molecule has 4 unspecified atom stereocenters. The number of hydrogen-bond acceptors (Lipinski definition) is 0. The number of rotatable bonds is 5. The van der Waals surface area contributed by atoms with Gasteiger partial charge in [0, 0.05) is 44.5 Å². The molecule has 0 N–H and O–H groups in total. The van der Waals surface area contributed by atoms with E-state index in [0.717, 1.165) is 57.3 Å². The molecule has 8 fully saturated rings. The normalized spacial score (nSPS) is 30.2. The highest BCUT2D eigenvalue weighted by Crippen LogP contribution is 2.82. The first kappa shape index (κ1) is 45.2. The van der Waals surface area contributed by atoms with Crippen LogP contribution in [-0.4, -0.2) is 0 Å². The summed E-state index contributed by atoms with van der Waals surface area (Å²) in [5.74, 6) is 55.1. The van der Waals surface area contributed by atoms with Crippen molar-refractivity contribution < 1.29 is 0 Å². The molecule has 4 aromatic rings. The summed E-state index contributed by atoms with van der Waals surface area (Å²) >= 11 is 0. The lowest BCUT2D eigenvalue weighted by Gasteiger charge is -2.77. The van der Waals surface area contributed by atoms with Crippen LogP contribution >= 0.6 is 0 Å². The van der Waals surface area contributed by atoms with Gasteiger partial charge < -0.3 is 0 Å². The zero-order valence-electron chi connectivity index (χ0n) is 41.6. The topological polar surface area (TPSA) is 0 Å². The van der Waals surface area contributed by atoms with E-state index >= 15 is 0 Å². The van der Waals surface area contributed by atoms with E-state index in [4.69, 9.17) is 0 Å². The van der Waals surface area contributed by atoms with E-state index in [1.165, 1.54) is 86.5 Å². The van der Waals surface area contributed by atoms with Gasteiger partial charge in [0.05, 0.1) is 0 Å². The van der Waals surface area contributed by atoms with Gasteiger partial charge >= 0.3 is 0 Å². The average Bonchev–Trinajstić information content (AvgIpc) is 3.29. The standard InChI is InChI=1S/C68H62/c1-9-17-49-25-50(18-10-2)30-59(29-49)63-37-57-38-64(43-63,60-31-51(19-11-3)26-52(32-60)20-12-4)46-67(41-57,45-63)68-42-58-39-65(47-68,61-33-53(21-13-5)27-54(34-61)22-14-6)44-66(40-58,48-68)62-35-55(23-15-7)28-56(36-62)24-16-8/h25-36,57-58H,37-48H2,1-8H3. The Bertz CT molecular complexity index is 2740. The fourth-order valence-electron chi connectivity index (χ4n) is 16.8. The summed E-state index contributed by atoms with van der Waals surface area (Å²) in [6.07, 6.45) is 14.4. The van der Waals surface area contributed by atoms with Crippen molar-refractivity contribution in [2.24, 2.45) is 22.7 Å². The second kappa shape index (κ2) is 17.2. The summed E-state index contributed by atoms with van der Waals surface area (Å²) in [4.78, 5) is 0. The van der Waals surface area contributed by atoms with Gasteiger partial charge in [-0.1, -0.05) is 47.4 Å². The lowest BCUT2D eigenvalue weighted by atomic mass is 9.26. The van der Waals surface area contributed by atoms with Crippen molar-refractivity contribution in [1.29, 1.82) is 0 Å². The first-order valence-corrected chi connectivity index (χ1v) is 25.0. The van der Waals surface area contributed by atoms with Gasteiger partial charge in [0.15, 0.2) is 0 Å². The van der Waals surface area contributed by atoms with Crippen molar-refractivity contribution in [1.82, 2.24) is 0 Å². The monoisotopic (exact) mass is 878 g/mol. The van der Waals surface area contributed by atoms with E-state index < -0.39 is 0 Å². The lowest BCUT2D eigenvalue weighted by Crippen LogP contribution is -2.70. The second-order valence-electron chi connectivity index (χ2n) is 21.9. The summed E-state index contributed by atoms with van der Waals surface area (Å²) in [6.45, 7) is 15.7. The summed E-state index contributed by atoms with van der Waals surface area (Å²) in [5, 5.41) is 0. The Morgan fingerprint density at radius 1 is 0.265 bits per heavy atom. The van der Waals surface area contributed by atoms with Crippen LogP contribution in [0.5, 0.6) is 0 Å². The van der Waals surface area contributed by atoms with Crippen LogP contribution in [0.1, 0.15) is 199 Å². The predicted octanol–water partition coefficient (Wildman–Crippen LogP) is 13.7. The molecule has 0 heteroatoms. The van der Waals surface area contributed by atoms with Crippen molar-refractivity contribution in [2.45, 2.75) is 154 Å². The highest BCUT2D eigenvalue weighted by atomic mass is 14.8. The van der Waals surface area contributed by atoms with Gasteiger partial charge in [-0.05, 0) is 272 Å². The number of benzene rings is 4. The molecule has 8 aliphatic rings. The van der Waals surface area contributed by atoms with Gasteiger partial charge in [0.25, 0.3) is 0 Å². The Kier molecular flexibility index (Phi) is 11.4. The zero-order valence-corrected chi connectivity index (χ0v) is 41.6. The van der Waals surface area contributed by atoms with Crippen LogP contribution in [0.25, 0.3) is 0 Å². The third-order valence-corrected chi connectivity index (χ3v) is 17.6. The van der Waals surface area contributed by atoms with Crippen LogP contribution in [0, 0.1) is 117 Å². The molecule has 12 rings (SSSR count). The van der Waals surface area contributed by atoms with Gasteiger partial charge in [-0.3, -0.25) is 0 Å². The molecule has 8 saturated carbocycles. The maximum Gasteiger partial charge on any atom is 0.0260 e. The Hall–Kier alpha value is -6.64. The maximum atomic E-state index is 3.49. The van der Waals surface area contributed by atoms with Gasteiger partial charge in [0.1, 0.15) is 0 Å². The average molecular weight is 879 g/mol. The van der Waals surface area contributed by atoms with Crippen LogP contribution in [-0.2, 0) is 21.7 Å². The maximum absolute atomic E-state index is 3.49. The molecule has 0 spiro atoms. The van der Waals surface area contributed by atoms with Crippen LogP contribution in [0.4, 0.5) is 0 Å². The Balaban J connectivity index is 1.25. The highest BCUT2D eigenvalue weighted by Gasteiger charge is 2.75. The van der Waals surface area contributed by atoms with Crippen molar-refractivity contribution in [3.63, 3.8) is 0 Å². The summed E-state index contributed by atoms with van der Waals surface area (Å²) < 4.78 is 0. The molecule has 0 radical (unpaired) electrons. The molecule has 4 aromatic carbocycles. The molecule has 0 nitrogen and oxygen atoms in total. The van der Waals surface area contributed by atoms with Gasteiger partial charge in [-0.15, -0.1) is 47.4 Å². The fraction of sp³-hybridized carbons (Fsp3) is 0.412. The SMILES string of the molecule is CC#Cc1cc(C#CC)cc(C23CC4CC(c5cc(C#CC)cc(C#CC)c5)(C2)CC(C25CC6CC(c7cc(C#CC)cc(C#CC)c7)(CC(c7cc(C#CC)cc(C#CC)c7)(C6)C2)C5)(C4)C3)c1. The van der Waals surface area contributed by atoms with E-state index in [2.05, 4.69) is 168 Å². The summed E-state index contributed by atoms with van der Waals surface area (Å²) in [6, 6.07) is 28.6. The Morgan fingerprint density at radius 3 is 0.632 bits per heavy atom. The Morgan fingerprint density at radius 2 is 0.456 bits per heavy atom. The van der Waals surface area contributed by atoms with Crippen molar-refractivity contribution in [3.05, 3.63) is 140 Å². The van der Waals surface area contributed by atoms with E-state index in [1.54, 1.807) is 0 Å². The summed E-state index contributed by atoms with van der Waals surface area (Å²) in [7, 11) is 0. The van der Waals surface area contributed by atoms with Crippen molar-refractivity contribution in [2.75, 3.05) is 0 Å². The molecule has 0 heterocycles. The van der Waals surface area contributed by atoms with E-state index in [1.807, 2.05) is 55.4 Å². The van der Waals surface area contributed by atoms with Gasteiger partial charge in [-0.25, -0.2) is 0 Å². The van der Waals surface area contributed by atoms with Gasteiger partial charge in [0.2, 0.25) is 0 Å². The quantitative estimate of drug-likeness (QED) is 0.175. The first-order chi connectivity index (χ1) is 32.9. The lowest BCUT2D eigenvalue weighted by molar-refractivity contribution is -0.224. The zero-order chi connectivity index (χ0) is 47.4. The number of hydrogen-bond donors (Lipinski definition) is 0. The van der Waals surface area contributed by atoms with Crippen molar-refractivity contribution >= 4 is 0 Å². The third-order valence-electron chi connectivity index (χ3n) is 17.6. The second-order valence-corrected chi connectivity index (χ2v) is 21.9. The molecule has 0 aromatic heterocycles. The first-order valence-electron chi connectivity index (χ1n) is 25.0. The van der Waals surface area contributed by atoms with Crippen LogP contribution in [0.2, 0.25) is 0 Å².